The number of carbonyl (C=O) groups excluding carboxylic acids is 1. The number of anilines is 1. The second-order valence-electron chi connectivity index (χ2n) is 4.65. The molecule has 1 aromatic heterocycles. The normalized spacial score (nSPS) is 15.5. The summed E-state index contributed by atoms with van der Waals surface area (Å²) >= 11 is 0. The molecule has 0 saturated carbocycles. The summed E-state index contributed by atoms with van der Waals surface area (Å²) in [6.45, 7) is 4.25. The van der Waals surface area contributed by atoms with Crippen molar-refractivity contribution in [2.75, 3.05) is 24.5 Å². The highest BCUT2D eigenvalue weighted by Crippen LogP contribution is 2.26. The van der Waals surface area contributed by atoms with Gasteiger partial charge in [-0.1, -0.05) is 0 Å². The first-order chi connectivity index (χ1) is 8.99. The Morgan fingerprint density at radius 2 is 2.16 bits per heavy atom. The fourth-order valence-corrected chi connectivity index (χ4v) is 1.98. The van der Waals surface area contributed by atoms with E-state index < -0.39 is 13.0 Å². The van der Waals surface area contributed by atoms with Crippen molar-refractivity contribution in [3.05, 3.63) is 17.6 Å². The number of aryl methyl sites for hydroxylation is 1. The Balaban J connectivity index is 1.89. The third-order valence-electron chi connectivity index (χ3n) is 3.29. The van der Waals surface area contributed by atoms with Crippen molar-refractivity contribution >= 4 is 11.7 Å². The summed E-state index contributed by atoms with van der Waals surface area (Å²) in [5, 5.41) is 2.23. The molecule has 0 spiro atoms. The van der Waals surface area contributed by atoms with Gasteiger partial charge in [0.05, 0.1) is 12.5 Å². The minimum Gasteiger partial charge on any atom is -0.355 e. The molecule has 1 saturated heterocycles. The van der Waals surface area contributed by atoms with Crippen LogP contribution in [0.5, 0.6) is 0 Å². The van der Waals surface area contributed by atoms with Crippen molar-refractivity contribution in [1.82, 2.24) is 15.3 Å². The predicted octanol–water partition coefficient (Wildman–Crippen LogP) is 0.911. The highest BCUT2D eigenvalue weighted by molar-refractivity contribution is 5.81. The van der Waals surface area contributed by atoms with E-state index in [4.69, 9.17) is 0 Å². The third-order valence-corrected chi connectivity index (χ3v) is 3.29. The SMILES string of the molecule is Cc1ncnc(N2CC(C(=O)NCC(F)F)C2)c1C. The highest BCUT2D eigenvalue weighted by atomic mass is 19.3. The predicted molar refractivity (Wildman–Crippen MR) is 66.2 cm³/mol. The van der Waals surface area contributed by atoms with E-state index >= 15 is 0 Å². The summed E-state index contributed by atoms with van der Waals surface area (Å²) in [5.41, 5.74) is 1.88. The summed E-state index contributed by atoms with van der Waals surface area (Å²) in [6.07, 6.45) is -1.02. The van der Waals surface area contributed by atoms with E-state index in [2.05, 4.69) is 15.3 Å². The van der Waals surface area contributed by atoms with Crippen LogP contribution in [0.4, 0.5) is 14.6 Å². The molecule has 1 aliphatic rings. The first-order valence-corrected chi connectivity index (χ1v) is 6.08. The quantitative estimate of drug-likeness (QED) is 0.883. The Morgan fingerprint density at radius 1 is 1.47 bits per heavy atom. The lowest BCUT2D eigenvalue weighted by molar-refractivity contribution is -0.126. The Hall–Kier alpha value is -1.79. The van der Waals surface area contributed by atoms with Crippen molar-refractivity contribution < 1.29 is 13.6 Å². The van der Waals surface area contributed by atoms with E-state index in [0.717, 1.165) is 17.1 Å². The summed E-state index contributed by atoms with van der Waals surface area (Å²) in [5.74, 6) is 0.249. The van der Waals surface area contributed by atoms with Gasteiger partial charge in [-0.25, -0.2) is 18.7 Å². The molecule has 0 atom stereocenters. The number of nitrogens with zero attached hydrogens (tertiary/aromatic N) is 3. The molecule has 7 heteroatoms. The molecule has 5 nitrogen and oxygen atoms in total. The third kappa shape index (κ3) is 2.97. The number of amides is 1. The van der Waals surface area contributed by atoms with Crippen molar-refractivity contribution in [2.24, 2.45) is 5.92 Å². The van der Waals surface area contributed by atoms with Crippen molar-refractivity contribution in [3.63, 3.8) is 0 Å². The molecule has 1 N–H and O–H groups in total. The molecule has 2 heterocycles. The van der Waals surface area contributed by atoms with Gasteiger partial charge in [-0.2, -0.15) is 0 Å². The lowest BCUT2D eigenvalue weighted by Crippen LogP contribution is -2.54. The van der Waals surface area contributed by atoms with E-state index in [9.17, 15) is 13.6 Å². The largest absolute Gasteiger partial charge is 0.355 e. The molecule has 0 aromatic carbocycles. The number of carbonyl (C=O) groups is 1. The molecular formula is C12H16F2N4O. The van der Waals surface area contributed by atoms with Crippen molar-refractivity contribution in [1.29, 1.82) is 0 Å². The van der Waals surface area contributed by atoms with Crippen LogP contribution in [-0.4, -0.2) is 41.9 Å². The van der Waals surface area contributed by atoms with Crippen LogP contribution in [0, 0.1) is 19.8 Å². The number of alkyl halides is 2. The molecule has 1 aliphatic heterocycles. The van der Waals surface area contributed by atoms with Crippen molar-refractivity contribution in [2.45, 2.75) is 20.3 Å². The number of nitrogens with one attached hydrogen (secondary N) is 1. The molecule has 0 unspecified atom stereocenters. The van der Waals surface area contributed by atoms with Gasteiger partial charge in [0.1, 0.15) is 12.1 Å². The van der Waals surface area contributed by atoms with E-state index in [1.165, 1.54) is 6.33 Å². The molecule has 0 aliphatic carbocycles. The summed E-state index contributed by atoms with van der Waals surface area (Å²) in [7, 11) is 0. The number of hydrogen-bond donors (Lipinski definition) is 1. The van der Waals surface area contributed by atoms with Gasteiger partial charge < -0.3 is 10.2 Å². The second kappa shape index (κ2) is 5.46. The summed E-state index contributed by atoms with van der Waals surface area (Å²) < 4.78 is 24.0. The van der Waals surface area contributed by atoms with Gasteiger partial charge in [0.15, 0.2) is 0 Å². The Labute approximate surface area is 110 Å². The van der Waals surface area contributed by atoms with Crippen LogP contribution in [0.3, 0.4) is 0 Å². The lowest BCUT2D eigenvalue weighted by Gasteiger charge is -2.39. The van der Waals surface area contributed by atoms with E-state index in [1.54, 1.807) is 0 Å². The van der Waals surface area contributed by atoms with Gasteiger partial charge in [-0.3, -0.25) is 4.79 Å². The standard InChI is InChI=1S/C12H16F2N4O/c1-7-8(2)16-6-17-11(7)18-4-9(5-18)12(19)15-3-10(13)14/h6,9-10H,3-5H2,1-2H3,(H,15,19). The van der Waals surface area contributed by atoms with E-state index in [1.807, 2.05) is 18.7 Å². The number of hydrogen-bond acceptors (Lipinski definition) is 4. The molecule has 104 valence electrons. The Morgan fingerprint density at radius 3 is 2.79 bits per heavy atom. The average Bonchev–Trinajstić information content (AvgIpc) is 2.30. The van der Waals surface area contributed by atoms with Gasteiger partial charge in [-0.05, 0) is 13.8 Å². The molecule has 19 heavy (non-hydrogen) atoms. The van der Waals surface area contributed by atoms with Gasteiger partial charge in [-0.15, -0.1) is 0 Å². The molecular weight excluding hydrogens is 254 g/mol. The molecule has 1 fully saturated rings. The van der Waals surface area contributed by atoms with Gasteiger partial charge in [0.2, 0.25) is 5.91 Å². The lowest BCUT2D eigenvalue weighted by atomic mass is 9.98. The van der Waals surface area contributed by atoms with Crippen LogP contribution in [-0.2, 0) is 4.79 Å². The molecule has 0 bridgehead atoms. The molecule has 1 amide bonds. The van der Waals surface area contributed by atoms with Crippen LogP contribution in [0.1, 0.15) is 11.3 Å². The summed E-state index contributed by atoms with van der Waals surface area (Å²) in [6, 6.07) is 0. The zero-order valence-corrected chi connectivity index (χ0v) is 10.9. The van der Waals surface area contributed by atoms with Crippen LogP contribution >= 0.6 is 0 Å². The van der Waals surface area contributed by atoms with E-state index in [0.29, 0.717) is 13.1 Å². The Bertz CT molecular complexity index is 475. The van der Waals surface area contributed by atoms with Crippen LogP contribution in [0.15, 0.2) is 6.33 Å². The zero-order chi connectivity index (χ0) is 14.0. The second-order valence-corrected chi connectivity index (χ2v) is 4.65. The van der Waals surface area contributed by atoms with Crippen LogP contribution in [0.2, 0.25) is 0 Å². The minimum atomic E-state index is -2.51. The average molecular weight is 270 g/mol. The first-order valence-electron chi connectivity index (χ1n) is 6.08. The maximum absolute atomic E-state index is 12.0. The monoisotopic (exact) mass is 270 g/mol. The van der Waals surface area contributed by atoms with Crippen molar-refractivity contribution in [3.8, 4) is 0 Å². The Kier molecular flexibility index (Phi) is 3.92. The highest BCUT2D eigenvalue weighted by Gasteiger charge is 2.34. The van der Waals surface area contributed by atoms with Crippen LogP contribution < -0.4 is 10.2 Å². The fraction of sp³-hybridized carbons (Fsp3) is 0.583. The molecule has 1 aromatic rings. The smallest absolute Gasteiger partial charge is 0.255 e. The van der Waals surface area contributed by atoms with Crippen LogP contribution in [0.25, 0.3) is 0 Å². The summed E-state index contributed by atoms with van der Waals surface area (Å²) in [4.78, 5) is 21.8. The van der Waals surface area contributed by atoms with E-state index in [-0.39, 0.29) is 11.8 Å². The maximum atomic E-state index is 12.0. The number of halogens is 2. The van der Waals surface area contributed by atoms with Gasteiger partial charge in [0, 0.05) is 24.3 Å². The maximum Gasteiger partial charge on any atom is 0.255 e. The zero-order valence-electron chi connectivity index (χ0n) is 10.9. The fourth-order valence-electron chi connectivity index (χ4n) is 1.98. The molecule has 0 radical (unpaired) electrons. The number of rotatable bonds is 4. The first kappa shape index (κ1) is 13.6. The molecule has 2 rings (SSSR count). The number of aromatic nitrogens is 2. The van der Waals surface area contributed by atoms with Gasteiger partial charge in [0.25, 0.3) is 6.43 Å². The minimum absolute atomic E-state index is 0.242. The topological polar surface area (TPSA) is 58.1 Å². The van der Waals surface area contributed by atoms with Gasteiger partial charge >= 0.3 is 0 Å².